The zero-order valence-corrected chi connectivity index (χ0v) is 9.09. The second-order valence-electron chi connectivity index (χ2n) is 4.17. The Morgan fingerprint density at radius 2 is 1.93 bits per heavy atom. The topological polar surface area (TPSA) is 52.0 Å². The molecule has 1 N–H and O–H groups in total. The predicted octanol–water partition coefficient (Wildman–Crippen LogP) is 1.03. The highest BCUT2D eigenvalue weighted by Gasteiger charge is 2.20. The van der Waals surface area contributed by atoms with Gasteiger partial charge in [0.25, 0.3) is 0 Å². The highest BCUT2D eigenvalue weighted by molar-refractivity contribution is 4.86. The Balaban J connectivity index is 1.74. The molecule has 0 bridgehead atoms. The molecule has 2 rings (SSSR count). The van der Waals surface area contributed by atoms with Gasteiger partial charge in [-0.15, -0.1) is 10.2 Å². The Kier molecular flexibility index (Phi) is 3.55. The maximum Gasteiger partial charge on any atom is 0.138 e. The number of hydrogen-bond donors (Lipinski definition) is 1. The minimum atomic E-state index is 0.550. The lowest BCUT2D eigenvalue weighted by molar-refractivity contribution is 0.128. The van der Waals surface area contributed by atoms with Gasteiger partial charge in [0.1, 0.15) is 12.7 Å². The molecule has 1 aromatic rings. The quantitative estimate of drug-likeness (QED) is 0.806. The van der Waals surface area contributed by atoms with Gasteiger partial charge < -0.3 is 10.2 Å². The van der Waals surface area contributed by atoms with Gasteiger partial charge in [-0.3, -0.25) is 0 Å². The lowest BCUT2D eigenvalue weighted by Gasteiger charge is -2.29. The molecule has 84 valence electrons. The van der Waals surface area contributed by atoms with Gasteiger partial charge in [-0.05, 0) is 31.6 Å². The molecule has 1 aliphatic carbocycles. The van der Waals surface area contributed by atoms with E-state index in [1.165, 1.54) is 25.7 Å². The van der Waals surface area contributed by atoms with E-state index in [1.807, 2.05) is 4.68 Å². The molecule has 0 atom stereocenters. The summed E-state index contributed by atoms with van der Waals surface area (Å²) in [6.07, 6.45) is 8.28. The molecule has 0 radical (unpaired) electrons. The molecule has 15 heavy (non-hydrogen) atoms. The van der Waals surface area contributed by atoms with Crippen molar-refractivity contribution < 1.29 is 4.74 Å². The Bertz CT molecular complexity index is 267. The number of nitrogens with one attached hydrogen (secondary N) is 1. The molecule has 1 fully saturated rings. The van der Waals surface area contributed by atoms with Crippen molar-refractivity contribution in [2.45, 2.75) is 31.7 Å². The third kappa shape index (κ3) is 2.92. The molecular weight excluding hydrogens is 192 g/mol. The lowest BCUT2D eigenvalue weighted by Crippen LogP contribution is -2.32. The third-order valence-electron chi connectivity index (χ3n) is 3.00. The average molecular weight is 210 g/mol. The zero-order valence-electron chi connectivity index (χ0n) is 9.09. The molecule has 0 aromatic carbocycles. The summed E-state index contributed by atoms with van der Waals surface area (Å²) >= 11 is 0. The van der Waals surface area contributed by atoms with E-state index in [4.69, 9.17) is 4.74 Å². The number of nitrogens with zero attached hydrogens (tertiary/aromatic N) is 3. The molecule has 1 aromatic heterocycles. The summed E-state index contributed by atoms with van der Waals surface area (Å²) in [7, 11) is 1.78. The van der Waals surface area contributed by atoms with Crippen LogP contribution in [0.25, 0.3) is 0 Å². The van der Waals surface area contributed by atoms with Crippen LogP contribution in [-0.4, -0.2) is 34.6 Å². The largest absolute Gasteiger partial charge is 0.384 e. The molecular formula is C10H18N4O. The first-order valence-electron chi connectivity index (χ1n) is 5.48. The summed E-state index contributed by atoms with van der Waals surface area (Å²) in [5, 5.41) is 7.53. The van der Waals surface area contributed by atoms with E-state index in [2.05, 4.69) is 15.6 Å². The van der Waals surface area contributed by atoms with Gasteiger partial charge in [0, 0.05) is 19.8 Å². The standard InChI is InChI=1S/C10H18N4O/c1-15-6-9-2-4-10(5-3-9)13-14-7-11-12-8-14/h7-10,13H,2-6H2,1H3. The van der Waals surface area contributed by atoms with Crippen LogP contribution in [0.2, 0.25) is 0 Å². The van der Waals surface area contributed by atoms with Crippen molar-refractivity contribution in [3.05, 3.63) is 12.7 Å². The Labute approximate surface area is 89.8 Å². The molecule has 1 saturated carbocycles. The summed E-state index contributed by atoms with van der Waals surface area (Å²) in [6.45, 7) is 0.902. The zero-order chi connectivity index (χ0) is 10.5. The van der Waals surface area contributed by atoms with Crippen LogP contribution >= 0.6 is 0 Å². The molecule has 0 amide bonds. The lowest BCUT2D eigenvalue weighted by atomic mass is 9.87. The van der Waals surface area contributed by atoms with Crippen molar-refractivity contribution in [1.82, 2.24) is 14.9 Å². The molecule has 1 aliphatic rings. The predicted molar refractivity (Wildman–Crippen MR) is 57.0 cm³/mol. The molecule has 0 aliphatic heterocycles. The molecule has 5 heteroatoms. The first-order chi connectivity index (χ1) is 7.38. The highest BCUT2D eigenvalue weighted by Crippen LogP contribution is 2.24. The highest BCUT2D eigenvalue weighted by atomic mass is 16.5. The van der Waals surface area contributed by atoms with Crippen LogP contribution in [0, 0.1) is 5.92 Å². The molecule has 0 saturated heterocycles. The molecule has 5 nitrogen and oxygen atoms in total. The number of methoxy groups -OCH3 is 1. The Hall–Kier alpha value is -1.10. The van der Waals surface area contributed by atoms with Crippen molar-refractivity contribution in [1.29, 1.82) is 0 Å². The van der Waals surface area contributed by atoms with Crippen LogP contribution in [0.1, 0.15) is 25.7 Å². The van der Waals surface area contributed by atoms with Gasteiger partial charge >= 0.3 is 0 Å². The van der Waals surface area contributed by atoms with Crippen LogP contribution < -0.4 is 5.43 Å². The average Bonchev–Trinajstić information content (AvgIpc) is 2.74. The summed E-state index contributed by atoms with van der Waals surface area (Å²) in [5.41, 5.74) is 3.37. The van der Waals surface area contributed by atoms with Crippen LogP contribution in [0.5, 0.6) is 0 Å². The number of aromatic nitrogens is 3. The summed E-state index contributed by atoms with van der Waals surface area (Å²) in [4.78, 5) is 0. The Morgan fingerprint density at radius 3 is 2.53 bits per heavy atom. The van der Waals surface area contributed by atoms with Crippen molar-refractivity contribution in [2.24, 2.45) is 5.92 Å². The van der Waals surface area contributed by atoms with Crippen molar-refractivity contribution >= 4 is 0 Å². The van der Waals surface area contributed by atoms with Gasteiger partial charge in [0.15, 0.2) is 0 Å². The van der Waals surface area contributed by atoms with E-state index in [0.717, 1.165) is 12.5 Å². The van der Waals surface area contributed by atoms with Gasteiger partial charge in [0.05, 0.1) is 0 Å². The smallest absolute Gasteiger partial charge is 0.138 e. The van der Waals surface area contributed by atoms with Crippen LogP contribution in [0.15, 0.2) is 12.7 Å². The van der Waals surface area contributed by atoms with Crippen LogP contribution in [0.3, 0.4) is 0 Å². The number of hydrogen-bond acceptors (Lipinski definition) is 4. The molecule has 1 heterocycles. The number of ether oxygens (including phenoxy) is 1. The minimum absolute atomic E-state index is 0.550. The maximum absolute atomic E-state index is 5.18. The van der Waals surface area contributed by atoms with E-state index >= 15 is 0 Å². The first kappa shape index (κ1) is 10.4. The van der Waals surface area contributed by atoms with E-state index in [-0.39, 0.29) is 0 Å². The maximum atomic E-state index is 5.18. The first-order valence-corrected chi connectivity index (χ1v) is 5.48. The number of rotatable bonds is 4. The van der Waals surface area contributed by atoms with E-state index in [9.17, 15) is 0 Å². The van der Waals surface area contributed by atoms with E-state index in [1.54, 1.807) is 19.8 Å². The fourth-order valence-corrected chi connectivity index (χ4v) is 2.17. The third-order valence-corrected chi connectivity index (χ3v) is 3.00. The van der Waals surface area contributed by atoms with Crippen molar-refractivity contribution in [3.63, 3.8) is 0 Å². The second kappa shape index (κ2) is 5.11. The van der Waals surface area contributed by atoms with Gasteiger partial charge in [0.2, 0.25) is 0 Å². The second-order valence-corrected chi connectivity index (χ2v) is 4.17. The minimum Gasteiger partial charge on any atom is -0.384 e. The Morgan fingerprint density at radius 1 is 1.27 bits per heavy atom. The van der Waals surface area contributed by atoms with Gasteiger partial charge in [-0.25, -0.2) is 4.68 Å². The summed E-state index contributed by atoms with van der Waals surface area (Å²) < 4.78 is 7.01. The fourth-order valence-electron chi connectivity index (χ4n) is 2.17. The SMILES string of the molecule is COCC1CCC(Nn2cnnc2)CC1. The van der Waals surface area contributed by atoms with Gasteiger partial charge in [-0.2, -0.15) is 0 Å². The van der Waals surface area contributed by atoms with E-state index < -0.39 is 0 Å². The molecule has 0 spiro atoms. The van der Waals surface area contributed by atoms with E-state index in [0.29, 0.717) is 6.04 Å². The van der Waals surface area contributed by atoms with Crippen LogP contribution in [-0.2, 0) is 4.74 Å². The van der Waals surface area contributed by atoms with Crippen molar-refractivity contribution in [2.75, 3.05) is 19.1 Å². The summed E-state index contributed by atoms with van der Waals surface area (Å²) in [5.74, 6) is 0.744. The van der Waals surface area contributed by atoms with Gasteiger partial charge in [-0.1, -0.05) is 0 Å². The monoisotopic (exact) mass is 210 g/mol. The summed E-state index contributed by atoms with van der Waals surface area (Å²) in [6, 6.07) is 0.550. The molecule has 0 unspecified atom stereocenters. The fraction of sp³-hybridized carbons (Fsp3) is 0.800. The van der Waals surface area contributed by atoms with Crippen molar-refractivity contribution in [3.8, 4) is 0 Å². The normalized spacial score (nSPS) is 26.5. The van der Waals surface area contributed by atoms with Crippen LogP contribution in [0.4, 0.5) is 0 Å².